The summed E-state index contributed by atoms with van der Waals surface area (Å²) in [7, 11) is 0. The first-order valence-corrected chi connectivity index (χ1v) is 6.03. The third-order valence-electron chi connectivity index (χ3n) is 2.91. The second-order valence-electron chi connectivity index (χ2n) is 4.20. The normalized spacial score (nSPS) is 10.5. The van der Waals surface area contributed by atoms with Crippen LogP contribution in [0.25, 0.3) is 5.65 Å². The van der Waals surface area contributed by atoms with Crippen LogP contribution in [0.15, 0.2) is 48.7 Å². The number of imidazole rings is 1. The highest BCUT2D eigenvalue weighted by Gasteiger charge is 2.14. The fraction of sp³-hybridized carbons (Fsp3) is 0. The van der Waals surface area contributed by atoms with Crippen molar-refractivity contribution in [3.05, 3.63) is 64.5 Å². The molecule has 0 unspecified atom stereocenters. The summed E-state index contributed by atoms with van der Waals surface area (Å²) in [6.07, 6.45) is 2.36. The Morgan fingerprint density at radius 1 is 1.19 bits per heavy atom. The van der Waals surface area contributed by atoms with Gasteiger partial charge in [0.1, 0.15) is 11.4 Å². The monoisotopic (exact) mass is 283 g/mol. The first kappa shape index (κ1) is 12.8. The summed E-state index contributed by atoms with van der Waals surface area (Å²) in [6.45, 7) is 0. The fourth-order valence-corrected chi connectivity index (χ4v) is 1.92. The number of hydrogen-bond acceptors (Lipinski definition) is 5. The molecule has 3 rings (SSSR count). The van der Waals surface area contributed by atoms with Crippen LogP contribution in [0.5, 0.6) is 11.6 Å². The van der Waals surface area contributed by atoms with Crippen LogP contribution in [0.1, 0.15) is 10.5 Å². The SMILES string of the molecule is O=Cc1c(Oc2ccc([N+](=O)[O-])cc2)nc2ccccn12. The summed E-state index contributed by atoms with van der Waals surface area (Å²) in [5, 5.41) is 10.6. The molecule has 0 saturated carbocycles. The fourth-order valence-electron chi connectivity index (χ4n) is 1.92. The zero-order valence-corrected chi connectivity index (χ0v) is 10.7. The molecule has 0 bridgehead atoms. The molecule has 2 heterocycles. The lowest BCUT2D eigenvalue weighted by molar-refractivity contribution is -0.384. The van der Waals surface area contributed by atoms with Gasteiger partial charge in [0, 0.05) is 18.3 Å². The van der Waals surface area contributed by atoms with Gasteiger partial charge in [-0.3, -0.25) is 19.3 Å². The zero-order chi connectivity index (χ0) is 14.8. The Morgan fingerprint density at radius 3 is 2.62 bits per heavy atom. The number of benzene rings is 1. The summed E-state index contributed by atoms with van der Waals surface area (Å²) >= 11 is 0. The van der Waals surface area contributed by atoms with Crippen molar-refractivity contribution in [1.29, 1.82) is 0 Å². The van der Waals surface area contributed by atoms with Gasteiger partial charge >= 0.3 is 0 Å². The molecule has 0 atom stereocenters. The summed E-state index contributed by atoms with van der Waals surface area (Å²) in [6, 6.07) is 10.9. The Morgan fingerprint density at radius 2 is 1.95 bits per heavy atom. The number of hydrogen-bond donors (Lipinski definition) is 0. The first-order valence-electron chi connectivity index (χ1n) is 6.03. The van der Waals surface area contributed by atoms with Crippen molar-refractivity contribution in [2.24, 2.45) is 0 Å². The van der Waals surface area contributed by atoms with Crippen molar-refractivity contribution < 1.29 is 14.5 Å². The van der Waals surface area contributed by atoms with E-state index in [0.29, 0.717) is 17.7 Å². The topological polar surface area (TPSA) is 86.7 Å². The lowest BCUT2D eigenvalue weighted by atomic mass is 10.3. The number of aromatic nitrogens is 2. The smallest absolute Gasteiger partial charge is 0.269 e. The number of nitro benzene ring substituents is 1. The lowest BCUT2D eigenvalue weighted by Gasteiger charge is -2.02. The van der Waals surface area contributed by atoms with E-state index in [-0.39, 0.29) is 17.3 Å². The molecule has 0 spiro atoms. The predicted molar refractivity (Wildman–Crippen MR) is 73.7 cm³/mol. The maximum Gasteiger partial charge on any atom is 0.269 e. The highest BCUT2D eigenvalue weighted by atomic mass is 16.6. The summed E-state index contributed by atoms with van der Waals surface area (Å²) in [5.41, 5.74) is 0.827. The molecule has 3 aromatic rings. The second kappa shape index (κ2) is 5.04. The largest absolute Gasteiger partial charge is 0.437 e. The molecule has 0 saturated heterocycles. The summed E-state index contributed by atoms with van der Waals surface area (Å²) in [4.78, 5) is 25.5. The Bertz CT molecular complexity index is 824. The number of carbonyl (C=O) groups is 1. The van der Waals surface area contributed by atoms with Crippen LogP contribution >= 0.6 is 0 Å². The van der Waals surface area contributed by atoms with Crippen molar-refractivity contribution in [2.75, 3.05) is 0 Å². The average Bonchev–Trinajstić information content (AvgIpc) is 2.84. The minimum Gasteiger partial charge on any atom is -0.437 e. The van der Waals surface area contributed by atoms with E-state index in [0.717, 1.165) is 0 Å². The van der Waals surface area contributed by atoms with E-state index in [9.17, 15) is 14.9 Å². The van der Waals surface area contributed by atoms with Gasteiger partial charge in [-0.15, -0.1) is 0 Å². The van der Waals surface area contributed by atoms with E-state index in [1.54, 1.807) is 28.8 Å². The zero-order valence-electron chi connectivity index (χ0n) is 10.7. The molecule has 7 heteroatoms. The van der Waals surface area contributed by atoms with Gasteiger partial charge in [-0.25, -0.2) is 0 Å². The maximum atomic E-state index is 11.2. The Labute approximate surface area is 118 Å². The lowest BCUT2D eigenvalue weighted by Crippen LogP contribution is -1.93. The van der Waals surface area contributed by atoms with Crippen molar-refractivity contribution in [3.8, 4) is 11.6 Å². The Kier molecular flexibility index (Phi) is 3.07. The van der Waals surface area contributed by atoms with Crippen LogP contribution in [0.2, 0.25) is 0 Å². The van der Waals surface area contributed by atoms with E-state index in [4.69, 9.17) is 4.74 Å². The van der Waals surface area contributed by atoms with Crippen LogP contribution < -0.4 is 4.74 Å². The summed E-state index contributed by atoms with van der Waals surface area (Å²) in [5.74, 6) is 0.525. The highest BCUT2D eigenvalue weighted by Crippen LogP contribution is 2.26. The van der Waals surface area contributed by atoms with Crippen LogP contribution in [0, 0.1) is 10.1 Å². The minimum atomic E-state index is -0.494. The van der Waals surface area contributed by atoms with Gasteiger partial charge in [0.15, 0.2) is 12.0 Å². The molecule has 0 aliphatic carbocycles. The van der Waals surface area contributed by atoms with E-state index in [1.165, 1.54) is 24.3 Å². The number of aldehydes is 1. The van der Waals surface area contributed by atoms with Crippen LogP contribution in [-0.4, -0.2) is 20.6 Å². The third-order valence-corrected chi connectivity index (χ3v) is 2.91. The molecule has 2 aromatic heterocycles. The van der Waals surface area contributed by atoms with Gasteiger partial charge in [0.25, 0.3) is 5.69 Å². The van der Waals surface area contributed by atoms with Crippen LogP contribution in [0.3, 0.4) is 0 Å². The Hall–Kier alpha value is -3.22. The number of nitro groups is 1. The predicted octanol–water partition coefficient (Wildman–Crippen LogP) is 2.85. The number of non-ortho nitro benzene ring substituents is 1. The molecule has 0 aliphatic rings. The minimum absolute atomic E-state index is 0.0343. The molecular weight excluding hydrogens is 274 g/mol. The van der Waals surface area contributed by atoms with Gasteiger partial charge in [0.05, 0.1) is 4.92 Å². The average molecular weight is 283 g/mol. The van der Waals surface area contributed by atoms with Gasteiger partial charge in [-0.05, 0) is 24.3 Å². The van der Waals surface area contributed by atoms with Gasteiger partial charge in [-0.2, -0.15) is 4.98 Å². The molecule has 0 fully saturated rings. The molecule has 0 radical (unpaired) electrons. The molecule has 21 heavy (non-hydrogen) atoms. The van der Waals surface area contributed by atoms with Crippen molar-refractivity contribution in [3.63, 3.8) is 0 Å². The number of fused-ring (bicyclic) bond motifs is 1. The number of nitrogens with zero attached hydrogens (tertiary/aromatic N) is 3. The Balaban J connectivity index is 1.97. The number of rotatable bonds is 4. The van der Waals surface area contributed by atoms with E-state index in [1.807, 2.05) is 0 Å². The molecule has 104 valence electrons. The van der Waals surface area contributed by atoms with E-state index < -0.39 is 4.92 Å². The molecular formula is C14H9N3O4. The maximum absolute atomic E-state index is 11.2. The molecule has 1 aromatic carbocycles. The van der Waals surface area contributed by atoms with Crippen molar-refractivity contribution in [1.82, 2.24) is 9.38 Å². The first-order chi connectivity index (χ1) is 10.2. The number of pyridine rings is 1. The standard InChI is InChI=1S/C14H9N3O4/c18-9-12-14(15-13-3-1-2-8-16(12)13)21-11-6-4-10(5-7-11)17(19)20/h1-9H. The second-order valence-corrected chi connectivity index (χ2v) is 4.20. The van der Waals surface area contributed by atoms with E-state index in [2.05, 4.69) is 4.98 Å². The van der Waals surface area contributed by atoms with Crippen LogP contribution in [-0.2, 0) is 0 Å². The highest BCUT2D eigenvalue weighted by molar-refractivity contribution is 5.78. The quantitative estimate of drug-likeness (QED) is 0.417. The third kappa shape index (κ3) is 2.32. The van der Waals surface area contributed by atoms with Crippen molar-refractivity contribution in [2.45, 2.75) is 0 Å². The molecule has 0 amide bonds. The number of ether oxygens (including phenoxy) is 1. The van der Waals surface area contributed by atoms with Crippen LogP contribution in [0.4, 0.5) is 5.69 Å². The molecule has 7 nitrogen and oxygen atoms in total. The molecule has 0 aliphatic heterocycles. The van der Waals surface area contributed by atoms with E-state index >= 15 is 0 Å². The summed E-state index contributed by atoms with van der Waals surface area (Å²) < 4.78 is 7.14. The molecule has 0 N–H and O–H groups in total. The number of carbonyl (C=O) groups excluding carboxylic acids is 1. The van der Waals surface area contributed by atoms with Gasteiger partial charge < -0.3 is 4.74 Å². The van der Waals surface area contributed by atoms with Crippen molar-refractivity contribution >= 4 is 17.6 Å². The van der Waals surface area contributed by atoms with Gasteiger partial charge in [-0.1, -0.05) is 6.07 Å². The van der Waals surface area contributed by atoms with Gasteiger partial charge in [0.2, 0.25) is 5.88 Å².